The largest absolute Gasteiger partial charge is 0.478 e. The topological polar surface area (TPSA) is 72.9 Å². The third-order valence-electron chi connectivity index (χ3n) is 4.99. The van der Waals surface area contributed by atoms with Crippen molar-refractivity contribution in [3.63, 3.8) is 0 Å². The minimum atomic E-state index is -1.05. The summed E-state index contributed by atoms with van der Waals surface area (Å²) in [4.78, 5) is 27.7. The van der Waals surface area contributed by atoms with E-state index in [2.05, 4.69) is 22.0 Å². The summed E-state index contributed by atoms with van der Waals surface area (Å²) in [6.07, 6.45) is 0.297. The Morgan fingerprint density at radius 3 is 2.39 bits per heavy atom. The Balaban J connectivity index is 1.75. The van der Waals surface area contributed by atoms with Crippen molar-refractivity contribution < 1.29 is 14.7 Å². The van der Waals surface area contributed by atoms with Crippen LogP contribution in [0.4, 0.5) is 17.1 Å². The third kappa shape index (κ3) is 4.39. The van der Waals surface area contributed by atoms with Crippen LogP contribution >= 0.6 is 11.6 Å². The molecule has 148 valence electrons. The van der Waals surface area contributed by atoms with Crippen molar-refractivity contribution in [3.05, 3.63) is 52.5 Å². The Hall–Kier alpha value is -2.73. The number of carboxylic acids is 1. The zero-order chi connectivity index (χ0) is 20.3. The number of halogens is 1. The minimum Gasteiger partial charge on any atom is -0.478 e. The molecule has 0 radical (unpaired) electrons. The summed E-state index contributed by atoms with van der Waals surface area (Å²) in [6.45, 7) is 6.97. The number of amides is 1. The molecule has 1 heterocycles. The molecule has 0 atom stereocenters. The molecule has 0 bridgehead atoms. The molecule has 1 aliphatic rings. The van der Waals surface area contributed by atoms with Gasteiger partial charge in [-0.15, -0.1) is 0 Å². The minimum absolute atomic E-state index is 0.104. The molecule has 1 amide bonds. The van der Waals surface area contributed by atoms with Crippen LogP contribution in [0.5, 0.6) is 0 Å². The van der Waals surface area contributed by atoms with Gasteiger partial charge in [0.05, 0.1) is 11.3 Å². The molecule has 0 saturated carbocycles. The van der Waals surface area contributed by atoms with Crippen molar-refractivity contribution in [2.45, 2.75) is 20.3 Å². The van der Waals surface area contributed by atoms with Crippen molar-refractivity contribution >= 4 is 40.5 Å². The molecule has 3 rings (SSSR count). The standard InChI is InChI=1S/C21H24ClN3O3/c1-3-20(26)23-18-7-6-16(13-17(18)21(27)28)24-8-10-25(11-9-24)19-12-15(22)5-4-14(19)2/h4-7,12-13H,3,8-11H2,1-2H3,(H,23,26)(H,27,28). The van der Waals surface area contributed by atoms with Crippen LogP contribution in [0.15, 0.2) is 36.4 Å². The van der Waals surface area contributed by atoms with Crippen molar-refractivity contribution in [2.24, 2.45) is 0 Å². The summed E-state index contributed by atoms with van der Waals surface area (Å²) in [6, 6.07) is 11.1. The maximum absolute atomic E-state index is 11.6. The van der Waals surface area contributed by atoms with Crippen molar-refractivity contribution in [3.8, 4) is 0 Å². The molecule has 1 aliphatic heterocycles. The molecule has 28 heavy (non-hydrogen) atoms. The molecule has 7 heteroatoms. The van der Waals surface area contributed by atoms with Gasteiger partial charge in [-0.1, -0.05) is 24.6 Å². The molecule has 0 unspecified atom stereocenters. The van der Waals surface area contributed by atoms with Crippen LogP contribution in [0.1, 0.15) is 29.3 Å². The second-order valence-electron chi connectivity index (χ2n) is 6.84. The highest BCUT2D eigenvalue weighted by Gasteiger charge is 2.21. The van der Waals surface area contributed by atoms with Crippen LogP contribution in [0.25, 0.3) is 0 Å². The molecular weight excluding hydrogens is 378 g/mol. The van der Waals surface area contributed by atoms with Crippen molar-refractivity contribution in [2.75, 3.05) is 41.3 Å². The number of anilines is 3. The Kier molecular flexibility index (Phi) is 6.09. The summed E-state index contributed by atoms with van der Waals surface area (Å²) < 4.78 is 0. The number of nitrogens with one attached hydrogen (secondary N) is 1. The van der Waals surface area contributed by atoms with Crippen molar-refractivity contribution in [1.82, 2.24) is 0 Å². The number of hydrogen-bond acceptors (Lipinski definition) is 4. The maximum atomic E-state index is 11.6. The van der Waals surface area contributed by atoms with E-state index >= 15 is 0 Å². The quantitative estimate of drug-likeness (QED) is 0.791. The Morgan fingerprint density at radius 1 is 1.07 bits per heavy atom. The normalized spacial score (nSPS) is 14.1. The van der Waals surface area contributed by atoms with E-state index in [1.54, 1.807) is 19.1 Å². The van der Waals surface area contributed by atoms with E-state index in [1.165, 1.54) is 5.56 Å². The van der Waals surface area contributed by atoms with Crippen molar-refractivity contribution in [1.29, 1.82) is 0 Å². The van der Waals surface area contributed by atoms with Crippen LogP contribution in [-0.2, 0) is 4.79 Å². The van der Waals surface area contributed by atoms with E-state index in [0.29, 0.717) is 12.1 Å². The van der Waals surface area contributed by atoms with E-state index in [1.807, 2.05) is 24.3 Å². The number of carboxylic acid groups (broad SMARTS) is 1. The van der Waals surface area contributed by atoms with Crippen LogP contribution in [0, 0.1) is 6.92 Å². The van der Waals surface area contributed by atoms with Gasteiger partial charge in [0.1, 0.15) is 0 Å². The van der Waals surface area contributed by atoms with Gasteiger partial charge >= 0.3 is 5.97 Å². The number of benzene rings is 2. The molecule has 2 N–H and O–H groups in total. The fourth-order valence-electron chi connectivity index (χ4n) is 3.38. The lowest BCUT2D eigenvalue weighted by Gasteiger charge is -2.38. The molecule has 0 spiro atoms. The van der Waals surface area contributed by atoms with Gasteiger partial charge in [-0.25, -0.2) is 4.79 Å². The molecule has 2 aromatic rings. The van der Waals surface area contributed by atoms with Gasteiger partial charge in [-0.2, -0.15) is 0 Å². The van der Waals surface area contributed by atoms with Gasteiger partial charge in [-0.05, 0) is 42.8 Å². The number of carbonyl (C=O) groups excluding carboxylic acids is 1. The second kappa shape index (κ2) is 8.52. The van der Waals surface area contributed by atoms with Gasteiger partial charge < -0.3 is 20.2 Å². The van der Waals surface area contributed by atoms with E-state index in [9.17, 15) is 14.7 Å². The first-order chi connectivity index (χ1) is 13.4. The van der Waals surface area contributed by atoms with Gasteiger partial charge in [0.25, 0.3) is 0 Å². The van der Waals surface area contributed by atoms with Crippen LogP contribution < -0.4 is 15.1 Å². The highest BCUT2D eigenvalue weighted by atomic mass is 35.5. The average Bonchev–Trinajstić information content (AvgIpc) is 2.70. The fraction of sp³-hybridized carbons (Fsp3) is 0.333. The highest BCUT2D eigenvalue weighted by Crippen LogP contribution is 2.28. The predicted octanol–water partition coefficient (Wildman–Crippen LogP) is 4.02. The average molecular weight is 402 g/mol. The predicted molar refractivity (Wildman–Crippen MR) is 113 cm³/mol. The number of aryl methyl sites for hydroxylation is 1. The lowest BCUT2D eigenvalue weighted by atomic mass is 10.1. The molecule has 1 saturated heterocycles. The summed E-state index contributed by atoms with van der Waals surface area (Å²) in [5.74, 6) is -1.26. The number of rotatable bonds is 5. The maximum Gasteiger partial charge on any atom is 0.337 e. The molecule has 0 aromatic heterocycles. The zero-order valence-electron chi connectivity index (χ0n) is 16.0. The number of carbonyl (C=O) groups is 2. The Bertz CT molecular complexity index is 892. The van der Waals surface area contributed by atoms with E-state index < -0.39 is 5.97 Å². The first-order valence-electron chi connectivity index (χ1n) is 9.32. The lowest BCUT2D eigenvalue weighted by molar-refractivity contribution is -0.115. The second-order valence-corrected chi connectivity index (χ2v) is 7.28. The van der Waals surface area contributed by atoms with Gasteiger partial charge in [-0.3, -0.25) is 4.79 Å². The van der Waals surface area contributed by atoms with Crippen LogP contribution in [0.2, 0.25) is 5.02 Å². The molecule has 1 fully saturated rings. The number of aromatic carboxylic acids is 1. The summed E-state index contributed by atoms with van der Waals surface area (Å²) >= 11 is 6.15. The Morgan fingerprint density at radius 2 is 1.75 bits per heavy atom. The molecule has 0 aliphatic carbocycles. The monoisotopic (exact) mass is 401 g/mol. The van der Waals surface area contributed by atoms with E-state index in [-0.39, 0.29) is 11.5 Å². The van der Waals surface area contributed by atoms with Crippen LogP contribution in [-0.4, -0.2) is 43.2 Å². The SMILES string of the molecule is CCC(=O)Nc1ccc(N2CCN(c3cc(Cl)ccc3C)CC2)cc1C(=O)O. The number of nitrogens with zero attached hydrogens (tertiary/aromatic N) is 2. The zero-order valence-corrected chi connectivity index (χ0v) is 16.8. The summed E-state index contributed by atoms with van der Waals surface area (Å²) in [5.41, 5.74) is 3.59. The number of hydrogen-bond donors (Lipinski definition) is 2. The number of piperazine rings is 1. The summed E-state index contributed by atoms with van der Waals surface area (Å²) in [7, 11) is 0. The first-order valence-corrected chi connectivity index (χ1v) is 9.70. The Labute approximate surface area is 169 Å². The fourth-order valence-corrected chi connectivity index (χ4v) is 3.55. The van der Waals surface area contributed by atoms with E-state index in [4.69, 9.17) is 11.6 Å². The molecule has 6 nitrogen and oxygen atoms in total. The lowest BCUT2D eigenvalue weighted by Crippen LogP contribution is -2.46. The summed E-state index contributed by atoms with van der Waals surface area (Å²) in [5, 5.41) is 12.9. The van der Waals surface area contributed by atoms with Gasteiger partial charge in [0.15, 0.2) is 0 Å². The van der Waals surface area contributed by atoms with Crippen LogP contribution in [0.3, 0.4) is 0 Å². The van der Waals surface area contributed by atoms with E-state index in [0.717, 1.165) is 42.6 Å². The first kappa shape index (κ1) is 20.0. The highest BCUT2D eigenvalue weighted by molar-refractivity contribution is 6.30. The smallest absolute Gasteiger partial charge is 0.337 e. The third-order valence-corrected chi connectivity index (χ3v) is 5.22. The molecule has 2 aromatic carbocycles. The van der Waals surface area contributed by atoms with Gasteiger partial charge in [0, 0.05) is 49.0 Å². The molecular formula is C21H24ClN3O3. The van der Waals surface area contributed by atoms with Gasteiger partial charge in [0.2, 0.25) is 5.91 Å².